The van der Waals surface area contributed by atoms with Gasteiger partial charge in [-0.1, -0.05) is 136 Å². The van der Waals surface area contributed by atoms with Crippen LogP contribution in [0.15, 0.2) is 113 Å². The number of aromatic nitrogens is 2. The lowest BCUT2D eigenvalue weighted by molar-refractivity contribution is -0.127. The second-order valence-electron chi connectivity index (χ2n) is 53.9. The van der Waals surface area contributed by atoms with E-state index in [0.717, 1.165) is 204 Å². The predicted molar refractivity (Wildman–Crippen MR) is 559 cm³/mol. The topological polar surface area (TPSA) is 160 Å². The fraction of sp³-hybridized carbons (Fsp3) is 0.828. The van der Waals surface area contributed by atoms with Crippen LogP contribution in [0, 0.1) is 175 Å². The van der Waals surface area contributed by atoms with Crippen molar-refractivity contribution in [1.82, 2.24) is 19.4 Å². The number of carbonyl (C=O) groups is 2. The number of halogens is 1. The van der Waals surface area contributed by atoms with Gasteiger partial charge in [0, 0.05) is 43.9 Å². The van der Waals surface area contributed by atoms with E-state index >= 15 is 0 Å². The molecule has 14 heteroatoms. The van der Waals surface area contributed by atoms with Crippen molar-refractivity contribution in [3.05, 3.63) is 113 Å². The van der Waals surface area contributed by atoms with E-state index in [1.807, 2.05) is 46.5 Å². The van der Waals surface area contributed by atoms with Gasteiger partial charge in [-0.05, 0) is 512 Å². The molecule has 3 heterocycles. The lowest BCUT2D eigenvalue weighted by Gasteiger charge is -2.54. The van der Waals surface area contributed by atoms with E-state index < -0.39 is 34.7 Å². The minimum Gasteiger partial charge on any atom is -0.390 e. The molecule has 2 aliphatic heterocycles. The molecular formula is C122H187FN4O7S2. The number of rotatable bonds is 16. The smallest absolute Gasteiger partial charge is 0.146 e. The van der Waals surface area contributed by atoms with Crippen molar-refractivity contribution >= 4 is 35.1 Å². The molecule has 5 N–H and O–H groups in total. The highest BCUT2D eigenvalue weighted by Gasteiger charge is 2.64. The fourth-order valence-corrected chi connectivity index (χ4v) is 40.4. The molecule has 756 valence electrons. The maximum absolute atomic E-state index is 13.3. The van der Waals surface area contributed by atoms with E-state index in [9.17, 15) is 39.5 Å². The van der Waals surface area contributed by atoms with Gasteiger partial charge in [-0.15, -0.1) is 0 Å². The highest BCUT2D eigenvalue weighted by Crippen LogP contribution is 2.72. The number of alkyl halides is 1. The Balaban J connectivity index is 0.000000109. The molecule has 0 amide bonds. The maximum Gasteiger partial charge on any atom is 0.146 e. The summed E-state index contributed by atoms with van der Waals surface area (Å²) >= 11 is 3.35. The van der Waals surface area contributed by atoms with Gasteiger partial charge in [0.05, 0.1) is 45.8 Å². The third-order valence-corrected chi connectivity index (χ3v) is 47.1. The number of nitrogens with zero attached hydrogens (tertiary/aromatic N) is 4. The molecule has 11 nitrogen and oxygen atoms in total. The third kappa shape index (κ3) is 19.7. The van der Waals surface area contributed by atoms with Crippen LogP contribution in [-0.4, -0.2) is 154 Å². The molecule has 2 saturated heterocycles. The third-order valence-electron chi connectivity index (χ3n) is 46.0. The summed E-state index contributed by atoms with van der Waals surface area (Å²) < 4.78 is 15.4. The Morgan fingerprint density at radius 3 is 0.912 bits per heavy atom. The number of imidazole rings is 1. The maximum atomic E-state index is 13.3. The summed E-state index contributed by atoms with van der Waals surface area (Å²) in [7, 11) is 0. The molecular weight excluding hydrogens is 1720 g/mol. The number of allylic oxidation sites excluding steroid dienone is 6. The van der Waals surface area contributed by atoms with Gasteiger partial charge in [0.2, 0.25) is 0 Å². The van der Waals surface area contributed by atoms with Crippen LogP contribution >= 0.6 is 23.5 Å². The second kappa shape index (κ2) is 40.2. The fourth-order valence-electron chi connectivity index (χ4n) is 39.5. The highest BCUT2D eigenvalue weighted by atomic mass is 32.2. The van der Waals surface area contributed by atoms with Crippen LogP contribution < -0.4 is 0 Å². The van der Waals surface area contributed by atoms with Crippen LogP contribution in [0.5, 0.6) is 0 Å². The zero-order chi connectivity index (χ0) is 95.6. The molecule has 1 aromatic heterocycles. The van der Waals surface area contributed by atoms with E-state index in [2.05, 4.69) is 117 Å². The summed E-state index contributed by atoms with van der Waals surface area (Å²) in [5.74, 6) is 20.9. The van der Waals surface area contributed by atoms with Crippen molar-refractivity contribution in [2.45, 2.75) is 386 Å². The van der Waals surface area contributed by atoms with Gasteiger partial charge in [0.1, 0.15) is 18.2 Å². The Bertz CT molecular complexity index is 4620. The number of thioether (sulfide) groups is 2. The Hall–Kier alpha value is -3.18. The largest absolute Gasteiger partial charge is 0.390 e. The van der Waals surface area contributed by atoms with Crippen LogP contribution in [0.1, 0.15) is 351 Å². The molecule has 0 unspecified atom stereocenters. The van der Waals surface area contributed by atoms with Crippen molar-refractivity contribution in [2.24, 2.45) is 175 Å². The lowest BCUT2D eigenvalue weighted by atomic mass is 9.51. The van der Waals surface area contributed by atoms with Crippen molar-refractivity contribution in [3.63, 3.8) is 0 Å². The first-order valence-corrected chi connectivity index (χ1v) is 59.8. The van der Waals surface area contributed by atoms with Crippen molar-refractivity contribution < 1.29 is 39.5 Å². The van der Waals surface area contributed by atoms with Crippen LogP contribution in [0.3, 0.4) is 0 Å². The number of likely N-dealkylation sites (tertiary alicyclic amines) is 2. The number of piperidine rings is 1. The van der Waals surface area contributed by atoms with Gasteiger partial charge in [-0.25, -0.2) is 9.37 Å². The molecule has 35 atom stereocenters. The first-order chi connectivity index (χ1) is 64.9. The lowest BCUT2D eigenvalue weighted by Crippen LogP contribution is -2.49. The van der Waals surface area contributed by atoms with E-state index in [0.29, 0.717) is 93.6 Å². The molecule has 20 aliphatic carbocycles. The first-order valence-electron chi connectivity index (χ1n) is 57.0. The van der Waals surface area contributed by atoms with E-state index in [4.69, 9.17) is 0 Å². The Labute approximate surface area is 832 Å². The van der Waals surface area contributed by atoms with Crippen molar-refractivity contribution in [3.8, 4) is 0 Å². The summed E-state index contributed by atoms with van der Waals surface area (Å²) in [6, 6.07) is 0. The highest BCUT2D eigenvalue weighted by molar-refractivity contribution is 7.99. The number of fused-ring (bicyclic) bond motifs is 25. The molecule has 22 aliphatic rings. The molecule has 15 saturated carbocycles. The molecule has 0 bridgehead atoms. The van der Waals surface area contributed by atoms with Crippen LogP contribution in [0.2, 0.25) is 0 Å². The molecule has 136 heavy (non-hydrogen) atoms. The minimum atomic E-state index is -1.11. The first kappa shape index (κ1) is 101. The van der Waals surface area contributed by atoms with Gasteiger partial charge in [0.25, 0.3) is 0 Å². The number of hydrogen-bond donors (Lipinski definition) is 5. The normalized spacial score (nSPS) is 47.5. The Morgan fingerprint density at radius 2 is 0.625 bits per heavy atom. The summed E-state index contributed by atoms with van der Waals surface area (Å²) in [6.45, 7) is 42.4. The van der Waals surface area contributed by atoms with E-state index in [1.54, 1.807) is 57.0 Å². The monoisotopic (exact) mass is 1900 g/mol. The Morgan fingerprint density at radius 1 is 0.353 bits per heavy atom. The zero-order valence-electron chi connectivity index (χ0n) is 87.1. The van der Waals surface area contributed by atoms with Gasteiger partial charge in [-0.2, -0.15) is 23.5 Å². The number of hydrogen-bond acceptors (Lipinski definition) is 12. The number of aliphatic hydroxyl groups is 5. The molecule has 23 rings (SSSR count). The zero-order valence-corrected chi connectivity index (χ0v) is 88.7. The van der Waals surface area contributed by atoms with Crippen LogP contribution in [-0.2, 0) is 16.1 Å². The summed E-state index contributed by atoms with van der Waals surface area (Å²) in [5.41, 5.74) is 11.0. The summed E-state index contributed by atoms with van der Waals surface area (Å²) in [4.78, 5) is 34.9. The SMILES string of the molecule is C=C(CN1CCCC1)[C@H]1CC[C@H]2[C@@H]3CC=C4C[C@](C)(O)CC[C@@H]4[C@H]3CC[C@]12C.C=C(CN1CCCCC1)[C@H]1CC[C@H]2[C@@H]3CC=C4C[C@](C)(O)CC[C@@H]4[C@H]3CC[C@]12C.C=C(Cn1ccnc1)[C@H]1CC[C@H]2[C@@H]3CC=C4C[C@](C)(O)CC[C@@H]4[C@H]3CC[C@]12C.CSCC(=O)[C@H]1CC[C@H]2[C@@H]3CC=C4C[C@@](O)(CF)CC[C@@H]4[C@H]3CC[C@]12C.CSCC(=O)[C@H]1CC[C@H]2[C@@H]3CC=C4C[C@](C)(O)CC[C@@H]4[C@H]3CC[C@]12C. The number of Topliss-reactive ketones (excluding diaryl/α,β-unsaturated/α-hetero) is 2. The number of carbonyl (C=O) groups excluding carboxylic acids is 2. The van der Waals surface area contributed by atoms with Gasteiger partial charge >= 0.3 is 0 Å². The molecule has 1 aromatic rings. The molecule has 0 aromatic carbocycles. The quantitative estimate of drug-likeness (QED) is 0.0999. The Kier molecular flexibility index (Phi) is 30.0. The number of ketones is 2. The summed E-state index contributed by atoms with van der Waals surface area (Å²) in [5, 5.41) is 52.5. The second-order valence-corrected chi connectivity index (χ2v) is 55.6. The van der Waals surface area contributed by atoms with Gasteiger partial charge in [0.15, 0.2) is 0 Å². The average Bonchev–Trinajstić information content (AvgIpc) is 1.54. The molecule has 17 fully saturated rings. The van der Waals surface area contributed by atoms with E-state index in [-0.39, 0.29) is 16.7 Å². The van der Waals surface area contributed by atoms with Gasteiger partial charge in [-0.3, -0.25) is 19.4 Å². The van der Waals surface area contributed by atoms with E-state index in [1.165, 1.54) is 230 Å². The van der Waals surface area contributed by atoms with Crippen LogP contribution in [0.4, 0.5) is 4.39 Å². The molecule has 0 radical (unpaired) electrons. The standard InChI is InChI=1S/C27H43NO.C26H41NO.C25H36N2O.C22H33FO2S.C22H34O2S/c1-19(18-28-15-5-4-6-16-28)24-9-10-25-23-8-7-20-17-26(2,29)13-11-21(20)22(23)12-14-27(24,25)3;1-18(17-27-14-4-5-15-27)23-8-9-24-22-7-6-19-16-25(2,28)12-10-20(19)21(22)11-13-26(23,24)3;1-17(15-27-13-12-26-16-27)22-6-7-23-21-5-4-18-14-24(2,28)10-8-19(18)20(21)9-11-25(22,23)3;1-21-9-7-16-15-8-10-22(25,13-23)11-14(15)3-4-17(16)18(21)5-6-19(21)20(24)12-26-2;1-21(24)10-8-15-14(12-21)4-5-17-16(15)9-11-22(2)18(17)6-7-19(22)20(23)13-25-3/h7,21-25,29H,1,4-6,8-18H2,2-3H3;6,20-24,28H,1,4-5,7-17H2,2-3H3;4,12-13,16,19-23,28H,1,5-11,14-15H2,2-3H3;3,15-19,25H,4-13H2,1-2H3;4,15-19,24H,5-13H2,1-3H3/t21-,22+,23+,24+,25-,26+,27+;20-,21+,22+,23+,24-,25+,26+;19-,20+,21+,22+,23-,24+,25+;15-,16+,17+,18-,19+,21-,22+;15-,16+,17+,18-,19+,21+,22-/m00000/s1. The average molecular weight is 1900 g/mol. The predicted octanol–water partition coefficient (Wildman–Crippen LogP) is 26.6. The van der Waals surface area contributed by atoms with Crippen LogP contribution in [0.25, 0.3) is 0 Å². The molecule has 0 spiro atoms. The summed E-state index contributed by atoms with van der Waals surface area (Å²) in [6.07, 6.45) is 76.1. The van der Waals surface area contributed by atoms with Crippen molar-refractivity contribution in [1.29, 1.82) is 0 Å². The minimum absolute atomic E-state index is 0.188. The van der Waals surface area contributed by atoms with Gasteiger partial charge < -0.3 is 30.1 Å². The van der Waals surface area contributed by atoms with Crippen molar-refractivity contribution in [2.75, 3.05) is 70.0 Å².